The highest BCUT2D eigenvalue weighted by Crippen LogP contribution is 2.27. The predicted molar refractivity (Wildman–Crippen MR) is 76.4 cm³/mol. The van der Waals surface area contributed by atoms with Crippen LogP contribution in [0, 0.1) is 6.92 Å². The van der Waals surface area contributed by atoms with E-state index in [0.717, 1.165) is 11.2 Å². The van der Waals surface area contributed by atoms with Gasteiger partial charge >= 0.3 is 0 Å². The molecule has 2 nitrogen and oxygen atoms in total. The molecule has 2 aromatic carbocycles. The SMILES string of the molecule is Cc1[nH]c2ccc(-c3ccccc3)cc2c1CN. The zero-order valence-corrected chi connectivity index (χ0v) is 10.4. The highest BCUT2D eigenvalue weighted by molar-refractivity contribution is 5.89. The van der Waals surface area contributed by atoms with Crippen LogP contribution in [-0.2, 0) is 6.54 Å². The van der Waals surface area contributed by atoms with Gasteiger partial charge < -0.3 is 10.7 Å². The molecule has 0 radical (unpaired) electrons. The average molecular weight is 236 g/mol. The maximum Gasteiger partial charge on any atom is 0.0459 e. The highest BCUT2D eigenvalue weighted by atomic mass is 14.7. The number of aromatic amines is 1. The van der Waals surface area contributed by atoms with Gasteiger partial charge in [0.2, 0.25) is 0 Å². The first-order valence-electron chi connectivity index (χ1n) is 6.16. The first-order valence-corrected chi connectivity index (χ1v) is 6.16. The number of aryl methyl sites for hydroxylation is 1. The van der Waals surface area contributed by atoms with E-state index in [2.05, 4.69) is 54.4 Å². The van der Waals surface area contributed by atoms with Crippen LogP contribution in [0.15, 0.2) is 48.5 Å². The predicted octanol–water partition coefficient (Wildman–Crippen LogP) is 3.60. The van der Waals surface area contributed by atoms with Crippen LogP contribution < -0.4 is 5.73 Å². The lowest BCUT2D eigenvalue weighted by Crippen LogP contribution is -1.96. The van der Waals surface area contributed by atoms with E-state index in [1.165, 1.54) is 22.1 Å². The van der Waals surface area contributed by atoms with Crippen molar-refractivity contribution in [2.45, 2.75) is 13.5 Å². The van der Waals surface area contributed by atoms with E-state index >= 15 is 0 Å². The van der Waals surface area contributed by atoms with E-state index in [4.69, 9.17) is 5.73 Å². The van der Waals surface area contributed by atoms with Gasteiger partial charge in [-0.25, -0.2) is 0 Å². The minimum atomic E-state index is 0.573. The Balaban J connectivity index is 2.22. The first-order chi connectivity index (χ1) is 8.79. The second-order valence-electron chi connectivity index (χ2n) is 4.56. The molecule has 0 aliphatic heterocycles. The monoisotopic (exact) mass is 236 g/mol. The Morgan fingerprint density at radius 1 is 1.00 bits per heavy atom. The van der Waals surface area contributed by atoms with Crippen LogP contribution in [0.2, 0.25) is 0 Å². The van der Waals surface area contributed by atoms with E-state index in [1.807, 2.05) is 6.07 Å². The van der Waals surface area contributed by atoms with Crippen LogP contribution in [0.3, 0.4) is 0 Å². The summed E-state index contributed by atoms with van der Waals surface area (Å²) in [5.74, 6) is 0. The fraction of sp³-hybridized carbons (Fsp3) is 0.125. The molecule has 90 valence electrons. The van der Waals surface area contributed by atoms with Crippen LogP contribution in [-0.4, -0.2) is 4.98 Å². The number of hydrogen-bond acceptors (Lipinski definition) is 1. The molecule has 0 aliphatic carbocycles. The Hall–Kier alpha value is -2.06. The third kappa shape index (κ3) is 1.71. The molecule has 3 rings (SSSR count). The van der Waals surface area contributed by atoms with Gasteiger partial charge in [0, 0.05) is 23.1 Å². The molecule has 1 heterocycles. The lowest BCUT2D eigenvalue weighted by molar-refractivity contribution is 1.05. The van der Waals surface area contributed by atoms with Crippen molar-refractivity contribution in [3.63, 3.8) is 0 Å². The Morgan fingerprint density at radius 3 is 2.50 bits per heavy atom. The van der Waals surface area contributed by atoms with E-state index < -0.39 is 0 Å². The number of aromatic nitrogens is 1. The van der Waals surface area contributed by atoms with Crippen molar-refractivity contribution in [3.8, 4) is 11.1 Å². The summed E-state index contributed by atoms with van der Waals surface area (Å²) < 4.78 is 0. The van der Waals surface area contributed by atoms with E-state index in [1.54, 1.807) is 0 Å². The molecule has 0 aliphatic rings. The highest BCUT2D eigenvalue weighted by Gasteiger charge is 2.07. The first kappa shape index (κ1) is 11.1. The van der Waals surface area contributed by atoms with Gasteiger partial charge in [-0.2, -0.15) is 0 Å². The van der Waals surface area contributed by atoms with Gasteiger partial charge in [-0.1, -0.05) is 36.4 Å². The van der Waals surface area contributed by atoms with Crippen molar-refractivity contribution in [1.29, 1.82) is 0 Å². The Labute approximate surface area is 106 Å². The van der Waals surface area contributed by atoms with Crippen LogP contribution >= 0.6 is 0 Å². The molecule has 3 N–H and O–H groups in total. The van der Waals surface area contributed by atoms with Crippen molar-refractivity contribution in [2.24, 2.45) is 5.73 Å². The van der Waals surface area contributed by atoms with E-state index in [0.29, 0.717) is 6.54 Å². The minimum Gasteiger partial charge on any atom is -0.358 e. The third-order valence-electron chi connectivity index (χ3n) is 3.43. The number of H-pyrrole nitrogens is 1. The third-order valence-corrected chi connectivity index (χ3v) is 3.43. The van der Waals surface area contributed by atoms with Gasteiger partial charge in [0.1, 0.15) is 0 Å². The summed E-state index contributed by atoms with van der Waals surface area (Å²) in [6.07, 6.45) is 0. The molecule has 0 spiro atoms. The number of nitrogens with one attached hydrogen (secondary N) is 1. The van der Waals surface area contributed by atoms with Gasteiger partial charge in [0.25, 0.3) is 0 Å². The lowest BCUT2D eigenvalue weighted by atomic mass is 10.0. The summed E-state index contributed by atoms with van der Waals surface area (Å²) in [5.41, 5.74) is 11.8. The Morgan fingerprint density at radius 2 is 1.78 bits per heavy atom. The van der Waals surface area contributed by atoms with Crippen molar-refractivity contribution in [3.05, 3.63) is 59.8 Å². The average Bonchev–Trinajstić information content (AvgIpc) is 2.74. The molecule has 1 aromatic heterocycles. The smallest absolute Gasteiger partial charge is 0.0459 e. The maximum absolute atomic E-state index is 5.83. The molecule has 0 amide bonds. The van der Waals surface area contributed by atoms with Crippen molar-refractivity contribution >= 4 is 10.9 Å². The molecule has 0 saturated carbocycles. The second-order valence-corrected chi connectivity index (χ2v) is 4.56. The van der Waals surface area contributed by atoms with E-state index in [9.17, 15) is 0 Å². The summed E-state index contributed by atoms with van der Waals surface area (Å²) in [6.45, 7) is 2.65. The lowest BCUT2D eigenvalue weighted by Gasteiger charge is -2.02. The molecule has 0 bridgehead atoms. The van der Waals surface area contributed by atoms with Gasteiger partial charge in [-0.3, -0.25) is 0 Å². The van der Waals surface area contributed by atoms with Crippen LogP contribution in [0.4, 0.5) is 0 Å². The molecule has 0 unspecified atom stereocenters. The van der Waals surface area contributed by atoms with Crippen molar-refractivity contribution in [1.82, 2.24) is 4.98 Å². The number of rotatable bonds is 2. The summed E-state index contributed by atoms with van der Waals surface area (Å²) in [4.78, 5) is 3.38. The van der Waals surface area contributed by atoms with Gasteiger partial charge in [-0.05, 0) is 35.7 Å². The number of benzene rings is 2. The zero-order chi connectivity index (χ0) is 12.5. The van der Waals surface area contributed by atoms with Gasteiger partial charge in [0.05, 0.1) is 0 Å². The normalized spacial score (nSPS) is 11.0. The molecule has 0 atom stereocenters. The minimum absolute atomic E-state index is 0.573. The fourth-order valence-corrected chi connectivity index (χ4v) is 2.46. The summed E-state index contributed by atoms with van der Waals surface area (Å²) in [6, 6.07) is 16.9. The largest absolute Gasteiger partial charge is 0.358 e. The molecule has 0 fully saturated rings. The Bertz CT molecular complexity index is 681. The summed E-state index contributed by atoms with van der Waals surface area (Å²) in [7, 11) is 0. The fourth-order valence-electron chi connectivity index (χ4n) is 2.46. The molecular formula is C16H16N2. The number of fused-ring (bicyclic) bond motifs is 1. The molecule has 3 aromatic rings. The Kier molecular flexibility index (Phi) is 2.65. The number of nitrogens with two attached hydrogens (primary N) is 1. The summed E-state index contributed by atoms with van der Waals surface area (Å²) in [5, 5.41) is 1.23. The standard InChI is InChI=1S/C16H16N2/c1-11-15(10-17)14-9-13(7-8-16(14)18-11)12-5-3-2-4-6-12/h2-9,18H,10,17H2,1H3. The topological polar surface area (TPSA) is 41.8 Å². The maximum atomic E-state index is 5.83. The molecule has 0 saturated heterocycles. The van der Waals surface area contributed by atoms with Crippen LogP contribution in [0.25, 0.3) is 22.0 Å². The van der Waals surface area contributed by atoms with E-state index in [-0.39, 0.29) is 0 Å². The quantitative estimate of drug-likeness (QED) is 0.701. The van der Waals surface area contributed by atoms with Gasteiger partial charge in [-0.15, -0.1) is 0 Å². The number of hydrogen-bond donors (Lipinski definition) is 2. The van der Waals surface area contributed by atoms with Crippen molar-refractivity contribution < 1.29 is 0 Å². The van der Waals surface area contributed by atoms with Crippen molar-refractivity contribution in [2.75, 3.05) is 0 Å². The second kappa shape index (κ2) is 4.31. The van der Waals surface area contributed by atoms with Crippen LogP contribution in [0.5, 0.6) is 0 Å². The summed E-state index contributed by atoms with van der Waals surface area (Å²) >= 11 is 0. The molecular weight excluding hydrogens is 220 g/mol. The van der Waals surface area contributed by atoms with Gasteiger partial charge in [0.15, 0.2) is 0 Å². The van der Waals surface area contributed by atoms with Crippen LogP contribution in [0.1, 0.15) is 11.3 Å². The molecule has 18 heavy (non-hydrogen) atoms. The molecule has 2 heteroatoms. The zero-order valence-electron chi connectivity index (χ0n) is 10.4.